The maximum absolute atomic E-state index is 15.0. The van der Waals surface area contributed by atoms with Crippen molar-refractivity contribution >= 4 is 45.7 Å². The van der Waals surface area contributed by atoms with Crippen LogP contribution in [0.25, 0.3) is 22.2 Å². The molecule has 0 radical (unpaired) electrons. The smallest absolute Gasteiger partial charge is 0.247 e. The summed E-state index contributed by atoms with van der Waals surface area (Å²) >= 11 is 6.47. The number of benzene rings is 2. The van der Waals surface area contributed by atoms with Gasteiger partial charge in [0.05, 0.1) is 22.6 Å². The second-order valence-corrected chi connectivity index (χ2v) is 9.29. The Morgan fingerprint density at radius 3 is 3.00 bits per heavy atom. The normalized spacial score (nSPS) is 15.6. The van der Waals surface area contributed by atoms with Gasteiger partial charge in [0.15, 0.2) is 0 Å². The van der Waals surface area contributed by atoms with Gasteiger partial charge in [0.25, 0.3) is 0 Å². The fourth-order valence-electron chi connectivity index (χ4n) is 4.62. The molecule has 1 fully saturated rings. The lowest BCUT2D eigenvalue weighted by molar-refractivity contribution is -0.111. The molecule has 2 aromatic heterocycles. The van der Waals surface area contributed by atoms with Gasteiger partial charge >= 0.3 is 0 Å². The van der Waals surface area contributed by atoms with Crippen LogP contribution in [0.15, 0.2) is 61.4 Å². The predicted molar refractivity (Wildman–Crippen MR) is 143 cm³/mol. The van der Waals surface area contributed by atoms with Crippen LogP contribution in [0.2, 0.25) is 5.02 Å². The predicted octanol–water partition coefficient (Wildman–Crippen LogP) is 5.93. The Morgan fingerprint density at radius 1 is 1.33 bits per heavy atom. The average molecular weight is 505 g/mol. The summed E-state index contributed by atoms with van der Waals surface area (Å²) in [6.45, 7) is 6.60. The first kappa shape index (κ1) is 23.8. The highest BCUT2D eigenvalue weighted by molar-refractivity contribution is 6.33. The average Bonchev–Trinajstić information content (AvgIpc) is 3.31. The van der Waals surface area contributed by atoms with Crippen molar-refractivity contribution in [3.05, 3.63) is 77.9 Å². The molecular weight excluding hydrogens is 479 g/mol. The van der Waals surface area contributed by atoms with Gasteiger partial charge in [0.1, 0.15) is 5.82 Å². The number of nitrogens with zero attached hydrogens (tertiary/aromatic N) is 3. The highest BCUT2D eigenvalue weighted by atomic mass is 35.5. The number of piperidine rings is 1. The summed E-state index contributed by atoms with van der Waals surface area (Å²) in [5, 5.41) is 7.56. The van der Waals surface area contributed by atoms with Gasteiger partial charge in [0.2, 0.25) is 11.9 Å². The number of carbonyl (C=O) groups is 1. The summed E-state index contributed by atoms with van der Waals surface area (Å²) in [6, 6.07) is 11.1. The topological polar surface area (TPSA) is 85.9 Å². The van der Waals surface area contributed by atoms with Crippen molar-refractivity contribution < 1.29 is 9.18 Å². The third-order valence-corrected chi connectivity index (χ3v) is 6.70. The number of halogens is 2. The van der Waals surface area contributed by atoms with Crippen LogP contribution in [-0.2, 0) is 4.79 Å². The van der Waals surface area contributed by atoms with Crippen molar-refractivity contribution in [2.45, 2.75) is 25.8 Å². The minimum atomic E-state index is -0.384. The SMILES string of the molecule is C=CC(=O)Nc1cc(F)c(N2CCCC(Nc3ncc(Cl)c(-c4c[nH]c5ccccc45)n3)C2)cc1C. The molecule has 184 valence electrons. The van der Waals surface area contributed by atoms with E-state index in [0.29, 0.717) is 34.6 Å². The van der Waals surface area contributed by atoms with E-state index in [4.69, 9.17) is 16.6 Å². The molecule has 36 heavy (non-hydrogen) atoms. The quantitative estimate of drug-likeness (QED) is 0.283. The third-order valence-electron chi connectivity index (χ3n) is 6.42. The Kier molecular flexibility index (Phi) is 6.61. The Hall–Kier alpha value is -3.91. The zero-order valence-electron chi connectivity index (χ0n) is 19.8. The Balaban J connectivity index is 1.35. The van der Waals surface area contributed by atoms with Gasteiger partial charge in [-0.2, -0.15) is 0 Å². The first-order valence-corrected chi connectivity index (χ1v) is 12.1. The van der Waals surface area contributed by atoms with Crippen molar-refractivity contribution in [1.82, 2.24) is 15.0 Å². The van der Waals surface area contributed by atoms with Crippen LogP contribution in [0.3, 0.4) is 0 Å². The van der Waals surface area contributed by atoms with Crippen molar-refractivity contribution in [3.8, 4) is 11.3 Å². The van der Waals surface area contributed by atoms with E-state index in [1.54, 1.807) is 12.3 Å². The molecular formula is C27H26ClFN6O. The molecule has 1 aliphatic heterocycles. The lowest BCUT2D eigenvalue weighted by atomic mass is 10.0. The standard InChI is InChI=1S/C27H26ClFN6O/c1-3-25(36)33-23-12-21(29)24(11-16(23)2)35-10-6-7-17(15-35)32-27-31-14-20(28)26(34-27)19-13-30-22-9-5-4-8-18(19)22/h3-5,8-9,11-14,17,30H,1,6-7,10,15H2,2H3,(H,33,36)(H,31,32,34). The lowest BCUT2D eigenvalue weighted by Crippen LogP contribution is -2.42. The number of carbonyl (C=O) groups excluding carboxylic acids is 1. The molecule has 4 aromatic rings. The number of fused-ring (bicyclic) bond motifs is 1. The number of para-hydroxylation sites is 1. The summed E-state index contributed by atoms with van der Waals surface area (Å²) in [6.07, 6.45) is 6.45. The molecule has 1 aliphatic rings. The van der Waals surface area contributed by atoms with Gasteiger partial charge in [-0.05, 0) is 49.6 Å². The molecule has 1 amide bonds. The van der Waals surface area contributed by atoms with E-state index < -0.39 is 0 Å². The third kappa shape index (κ3) is 4.77. The molecule has 3 heterocycles. The number of rotatable bonds is 6. The Bertz CT molecular complexity index is 1450. The first-order chi connectivity index (χ1) is 17.4. The van der Waals surface area contributed by atoms with Crippen LogP contribution in [0, 0.1) is 12.7 Å². The van der Waals surface area contributed by atoms with E-state index in [1.807, 2.05) is 42.3 Å². The van der Waals surface area contributed by atoms with Gasteiger partial charge in [0, 0.05) is 47.5 Å². The van der Waals surface area contributed by atoms with Crippen molar-refractivity contribution in [2.75, 3.05) is 28.6 Å². The van der Waals surface area contributed by atoms with Crippen LogP contribution >= 0.6 is 11.6 Å². The molecule has 1 atom stereocenters. The highest BCUT2D eigenvalue weighted by Gasteiger charge is 2.24. The number of H-pyrrole nitrogens is 1. The Labute approximate surface area is 213 Å². The second kappa shape index (κ2) is 9.99. The van der Waals surface area contributed by atoms with Crippen LogP contribution in [0.5, 0.6) is 0 Å². The largest absolute Gasteiger partial charge is 0.367 e. The minimum Gasteiger partial charge on any atom is -0.367 e. The minimum absolute atomic E-state index is 0.0237. The van der Waals surface area contributed by atoms with Gasteiger partial charge in [-0.1, -0.05) is 36.4 Å². The molecule has 3 N–H and O–H groups in total. The summed E-state index contributed by atoms with van der Waals surface area (Å²) in [5.74, 6) is -0.280. The number of aryl methyl sites for hydroxylation is 1. The number of aromatic nitrogens is 3. The van der Waals surface area contributed by atoms with Crippen molar-refractivity contribution in [1.29, 1.82) is 0 Å². The molecule has 0 aliphatic carbocycles. The fraction of sp³-hybridized carbons (Fsp3) is 0.222. The number of hydrogen-bond donors (Lipinski definition) is 3. The number of amides is 1. The molecule has 5 rings (SSSR count). The van der Waals surface area contributed by atoms with E-state index in [9.17, 15) is 4.79 Å². The van der Waals surface area contributed by atoms with E-state index >= 15 is 4.39 Å². The molecule has 1 saturated heterocycles. The van der Waals surface area contributed by atoms with Crippen LogP contribution in [0.1, 0.15) is 18.4 Å². The van der Waals surface area contributed by atoms with Gasteiger partial charge < -0.3 is 20.5 Å². The van der Waals surface area contributed by atoms with Gasteiger partial charge in [-0.15, -0.1) is 0 Å². The van der Waals surface area contributed by atoms with Crippen molar-refractivity contribution in [2.24, 2.45) is 0 Å². The van der Waals surface area contributed by atoms with E-state index in [2.05, 4.69) is 27.2 Å². The number of anilines is 3. The van der Waals surface area contributed by atoms with Crippen LogP contribution in [0.4, 0.5) is 21.7 Å². The maximum Gasteiger partial charge on any atom is 0.247 e. The molecule has 7 nitrogen and oxygen atoms in total. The van der Waals surface area contributed by atoms with Crippen molar-refractivity contribution in [3.63, 3.8) is 0 Å². The maximum atomic E-state index is 15.0. The summed E-state index contributed by atoms with van der Waals surface area (Å²) in [5.41, 5.74) is 4.29. The zero-order chi connectivity index (χ0) is 25.2. The first-order valence-electron chi connectivity index (χ1n) is 11.8. The monoisotopic (exact) mass is 504 g/mol. The van der Waals surface area contributed by atoms with Gasteiger partial charge in [-0.3, -0.25) is 4.79 Å². The summed E-state index contributed by atoms with van der Waals surface area (Å²) < 4.78 is 15.0. The molecule has 0 bridgehead atoms. The summed E-state index contributed by atoms with van der Waals surface area (Å²) in [7, 11) is 0. The van der Waals surface area contributed by atoms with Gasteiger partial charge in [-0.25, -0.2) is 14.4 Å². The molecule has 1 unspecified atom stereocenters. The van der Waals surface area contributed by atoms with E-state index in [-0.39, 0.29) is 17.8 Å². The fourth-order valence-corrected chi connectivity index (χ4v) is 4.81. The molecule has 0 spiro atoms. The molecule has 2 aromatic carbocycles. The highest BCUT2D eigenvalue weighted by Crippen LogP contribution is 2.33. The number of aromatic amines is 1. The number of nitrogens with one attached hydrogen (secondary N) is 3. The second-order valence-electron chi connectivity index (χ2n) is 8.88. The summed E-state index contributed by atoms with van der Waals surface area (Å²) in [4.78, 5) is 26.0. The molecule has 0 saturated carbocycles. The van der Waals surface area contributed by atoms with E-state index in [0.717, 1.165) is 47.5 Å². The van der Waals surface area contributed by atoms with Crippen LogP contribution < -0.4 is 15.5 Å². The lowest BCUT2D eigenvalue weighted by Gasteiger charge is -2.35. The van der Waals surface area contributed by atoms with E-state index in [1.165, 1.54) is 6.07 Å². The zero-order valence-corrected chi connectivity index (χ0v) is 20.6. The number of hydrogen-bond acceptors (Lipinski definition) is 5. The van der Waals surface area contributed by atoms with Crippen LogP contribution in [-0.4, -0.2) is 40.0 Å². The molecule has 9 heteroatoms. The Morgan fingerprint density at radius 2 is 2.17 bits per heavy atom.